The number of nitrogens with zero attached hydrogens (tertiary/aromatic N) is 2. The fourth-order valence-corrected chi connectivity index (χ4v) is 1.18. The van der Waals surface area contributed by atoms with Crippen molar-refractivity contribution >= 4 is 11.8 Å². The van der Waals surface area contributed by atoms with Crippen molar-refractivity contribution in [1.82, 2.24) is 20.4 Å². The molecule has 0 spiro atoms. The van der Waals surface area contributed by atoms with E-state index in [-0.39, 0.29) is 31.3 Å². The van der Waals surface area contributed by atoms with Crippen LogP contribution in [0.5, 0.6) is 0 Å². The van der Waals surface area contributed by atoms with Gasteiger partial charge in [-0.3, -0.25) is 14.3 Å². The third kappa shape index (κ3) is 3.87. The molecule has 94 valence electrons. The number of aliphatic hydroxyl groups is 1. The summed E-state index contributed by atoms with van der Waals surface area (Å²) in [4.78, 5) is 22.7. The highest BCUT2D eigenvalue weighted by Crippen LogP contribution is 2.00. The van der Waals surface area contributed by atoms with Crippen molar-refractivity contribution in [1.29, 1.82) is 0 Å². The van der Waals surface area contributed by atoms with Crippen LogP contribution in [0.15, 0.2) is 6.07 Å². The van der Waals surface area contributed by atoms with Crippen molar-refractivity contribution < 1.29 is 14.7 Å². The molecule has 7 heteroatoms. The minimum atomic E-state index is -0.396. The molecule has 1 heterocycles. The van der Waals surface area contributed by atoms with Crippen molar-refractivity contribution in [2.75, 3.05) is 19.7 Å². The molecule has 0 saturated carbocycles. The van der Waals surface area contributed by atoms with Gasteiger partial charge in [-0.2, -0.15) is 5.10 Å². The first-order valence-electron chi connectivity index (χ1n) is 5.21. The molecule has 2 amide bonds. The molecule has 17 heavy (non-hydrogen) atoms. The second-order valence-corrected chi connectivity index (χ2v) is 3.55. The molecule has 0 fully saturated rings. The second-order valence-electron chi connectivity index (χ2n) is 3.55. The summed E-state index contributed by atoms with van der Waals surface area (Å²) in [7, 11) is 1.74. The van der Waals surface area contributed by atoms with E-state index in [4.69, 9.17) is 5.11 Å². The van der Waals surface area contributed by atoms with Crippen LogP contribution in [0.1, 0.15) is 16.2 Å². The number of aliphatic hydroxyl groups excluding tert-OH is 1. The van der Waals surface area contributed by atoms with Crippen LogP contribution in [0.3, 0.4) is 0 Å². The summed E-state index contributed by atoms with van der Waals surface area (Å²) in [6.45, 7) is 1.75. The summed E-state index contributed by atoms with van der Waals surface area (Å²) < 4.78 is 1.58. The summed E-state index contributed by atoms with van der Waals surface area (Å²) in [6.07, 6.45) is 0. The molecular weight excluding hydrogens is 224 g/mol. The number of carbonyl (C=O) groups is 2. The Balaban J connectivity index is 2.42. The zero-order valence-corrected chi connectivity index (χ0v) is 9.86. The maximum atomic E-state index is 11.6. The molecule has 0 atom stereocenters. The van der Waals surface area contributed by atoms with E-state index in [1.807, 2.05) is 6.92 Å². The van der Waals surface area contributed by atoms with Gasteiger partial charge < -0.3 is 15.7 Å². The lowest BCUT2D eigenvalue weighted by Crippen LogP contribution is -2.38. The largest absolute Gasteiger partial charge is 0.395 e. The molecule has 0 aliphatic heterocycles. The van der Waals surface area contributed by atoms with Crippen molar-refractivity contribution in [3.63, 3.8) is 0 Å². The number of hydrogen-bond acceptors (Lipinski definition) is 4. The number of rotatable bonds is 5. The van der Waals surface area contributed by atoms with Gasteiger partial charge in [0.1, 0.15) is 5.69 Å². The molecule has 1 aromatic rings. The highest BCUT2D eigenvalue weighted by Gasteiger charge is 2.11. The number of hydrogen-bond donors (Lipinski definition) is 3. The number of nitrogens with one attached hydrogen (secondary N) is 2. The summed E-state index contributed by atoms with van der Waals surface area (Å²) in [6, 6.07) is 1.64. The smallest absolute Gasteiger partial charge is 0.272 e. The van der Waals surface area contributed by atoms with Gasteiger partial charge in [-0.15, -0.1) is 0 Å². The van der Waals surface area contributed by atoms with Crippen LogP contribution in [-0.4, -0.2) is 46.4 Å². The molecular formula is C10H16N4O3. The Morgan fingerprint density at radius 3 is 2.71 bits per heavy atom. The minimum absolute atomic E-state index is 0.126. The normalized spacial score (nSPS) is 10.1. The van der Waals surface area contributed by atoms with E-state index in [0.717, 1.165) is 5.69 Å². The van der Waals surface area contributed by atoms with Gasteiger partial charge in [0.05, 0.1) is 13.2 Å². The lowest BCUT2D eigenvalue weighted by molar-refractivity contribution is -0.120. The predicted octanol–water partition coefficient (Wildman–Crippen LogP) is -1.43. The van der Waals surface area contributed by atoms with E-state index >= 15 is 0 Å². The van der Waals surface area contributed by atoms with E-state index < -0.39 is 5.91 Å². The molecule has 3 N–H and O–H groups in total. The summed E-state index contributed by atoms with van der Waals surface area (Å²) in [5.74, 6) is -0.743. The quantitative estimate of drug-likeness (QED) is 0.587. The highest BCUT2D eigenvalue weighted by molar-refractivity contribution is 5.94. The average molecular weight is 240 g/mol. The van der Waals surface area contributed by atoms with Gasteiger partial charge >= 0.3 is 0 Å². The molecule has 0 aliphatic carbocycles. The third-order valence-electron chi connectivity index (χ3n) is 2.19. The van der Waals surface area contributed by atoms with Gasteiger partial charge in [0.2, 0.25) is 5.91 Å². The third-order valence-corrected chi connectivity index (χ3v) is 2.19. The SMILES string of the molecule is Cc1cc(C(=O)NCC(=O)NCCO)nn1C. The molecule has 1 aromatic heterocycles. The topological polar surface area (TPSA) is 96.2 Å². The Morgan fingerprint density at radius 2 is 2.18 bits per heavy atom. The maximum absolute atomic E-state index is 11.6. The Hall–Kier alpha value is -1.89. The molecule has 0 aromatic carbocycles. The Labute approximate surface area is 98.8 Å². The monoisotopic (exact) mass is 240 g/mol. The van der Waals surface area contributed by atoms with Crippen molar-refractivity contribution in [3.8, 4) is 0 Å². The van der Waals surface area contributed by atoms with Crippen molar-refractivity contribution in [2.45, 2.75) is 6.92 Å². The van der Waals surface area contributed by atoms with E-state index in [9.17, 15) is 9.59 Å². The maximum Gasteiger partial charge on any atom is 0.272 e. The lowest BCUT2D eigenvalue weighted by atomic mass is 10.3. The zero-order valence-electron chi connectivity index (χ0n) is 9.86. The van der Waals surface area contributed by atoms with Crippen LogP contribution in [0, 0.1) is 6.92 Å². The number of amides is 2. The number of aryl methyl sites for hydroxylation is 2. The zero-order chi connectivity index (χ0) is 12.8. The van der Waals surface area contributed by atoms with Crippen LogP contribution >= 0.6 is 0 Å². The van der Waals surface area contributed by atoms with Gasteiger partial charge in [-0.1, -0.05) is 0 Å². The first kappa shape index (κ1) is 13.2. The predicted molar refractivity (Wildman–Crippen MR) is 60.4 cm³/mol. The van der Waals surface area contributed by atoms with Gasteiger partial charge in [0.15, 0.2) is 0 Å². The molecule has 0 unspecified atom stereocenters. The summed E-state index contributed by atoms with van der Waals surface area (Å²) >= 11 is 0. The van der Waals surface area contributed by atoms with E-state index in [1.54, 1.807) is 17.8 Å². The number of aromatic nitrogens is 2. The average Bonchev–Trinajstić information content (AvgIpc) is 2.64. The highest BCUT2D eigenvalue weighted by atomic mass is 16.3. The Bertz CT molecular complexity index is 394. The van der Waals surface area contributed by atoms with E-state index in [2.05, 4.69) is 15.7 Å². The van der Waals surface area contributed by atoms with Crippen LogP contribution in [0.25, 0.3) is 0 Å². The molecule has 0 saturated heterocycles. The molecule has 0 bridgehead atoms. The van der Waals surface area contributed by atoms with Crippen LogP contribution in [-0.2, 0) is 11.8 Å². The summed E-state index contributed by atoms with van der Waals surface area (Å²) in [5.41, 5.74) is 1.14. The van der Waals surface area contributed by atoms with E-state index in [0.29, 0.717) is 0 Å². The van der Waals surface area contributed by atoms with Crippen LogP contribution in [0.2, 0.25) is 0 Å². The Kier molecular flexibility index (Phi) is 4.65. The van der Waals surface area contributed by atoms with E-state index in [1.165, 1.54) is 0 Å². The molecule has 0 radical (unpaired) electrons. The van der Waals surface area contributed by atoms with Crippen LogP contribution in [0.4, 0.5) is 0 Å². The summed E-state index contributed by atoms with van der Waals surface area (Å²) in [5, 5.41) is 17.3. The first-order valence-corrected chi connectivity index (χ1v) is 5.21. The van der Waals surface area contributed by atoms with Gasteiger partial charge in [0, 0.05) is 19.3 Å². The molecule has 0 aliphatic rings. The fraction of sp³-hybridized carbons (Fsp3) is 0.500. The Morgan fingerprint density at radius 1 is 1.47 bits per heavy atom. The molecule has 7 nitrogen and oxygen atoms in total. The lowest BCUT2D eigenvalue weighted by Gasteiger charge is -2.03. The number of carbonyl (C=O) groups excluding carboxylic acids is 2. The van der Waals surface area contributed by atoms with Gasteiger partial charge in [0.25, 0.3) is 5.91 Å². The fourth-order valence-electron chi connectivity index (χ4n) is 1.18. The minimum Gasteiger partial charge on any atom is -0.395 e. The van der Waals surface area contributed by atoms with Crippen molar-refractivity contribution in [3.05, 3.63) is 17.5 Å². The van der Waals surface area contributed by atoms with Gasteiger partial charge in [-0.05, 0) is 13.0 Å². The van der Waals surface area contributed by atoms with Crippen LogP contribution < -0.4 is 10.6 Å². The molecule has 1 rings (SSSR count). The first-order chi connectivity index (χ1) is 8.04. The van der Waals surface area contributed by atoms with Gasteiger partial charge in [-0.25, -0.2) is 0 Å². The standard InChI is InChI=1S/C10H16N4O3/c1-7-5-8(13-14(7)2)10(17)12-6-9(16)11-3-4-15/h5,15H,3-4,6H2,1-2H3,(H,11,16)(H,12,17). The second kappa shape index (κ2) is 6.00. The van der Waals surface area contributed by atoms with Crippen molar-refractivity contribution in [2.24, 2.45) is 7.05 Å².